The van der Waals surface area contributed by atoms with Crippen LogP contribution in [0.5, 0.6) is 0 Å². The summed E-state index contributed by atoms with van der Waals surface area (Å²) in [5.74, 6) is 0.107. The van der Waals surface area contributed by atoms with Gasteiger partial charge in [0.05, 0.1) is 0 Å². The molecule has 0 atom stereocenters. The van der Waals surface area contributed by atoms with Crippen LogP contribution >= 0.6 is 22.7 Å². The number of carbonyl (C=O) groups is 1. The Balaban J connectivity index is 1.45. The molecule has 9 nitrogen and oxygen atoms in total. The van der Waals surface area contributed by atoms with Crippen molar-refractivity contribution in [1.82, 2.24) is 30.0 Å². The molecule has 1 saturated carbocycles. The number of thiophene rings is 1. The molecular formula is C12H11N7O2S2. The van der Waals surface area contributed by atoms with Gasteiger partial charge in [-0.2, -0.15) is 9.36 Å². The molecule has 0 bridgehead atoms. The third-order valence-corrected chi connectivity index (χ3v) is 5.11. The zero-order chi connectivity index (χ0) is 15.8. The highest BCUT2D eigenvalue weighted by atomic mass is 32.1. The Labute approximate surface area is 137 Å². The summed E-state index contributed by atoms with van der Waals surface area (Å²) in [6.07, 6.45) is 2.26. The highest BCUT2D eigenvalue weighted by molar-refractivity contribution is 7.15. The quantitative estimate of drug-likeness (QED) is 0.732. The summed E-state index contributed by atoms with van der Waals surface area (Å²) in [6, 6.07) is 3.57. The van der Waals surface area contributed by atoms with Crippen molar-refractivity contribution in [3.63, 3.8) is 0 Å². The van der Waals surface area contributed by atoms with Crippen molar-refractivity contribution in [3.05, 3.63) is 33.0 Å². The molecule has 0 aromatic carbocycles. The number of hydrogen-bond acceptors (Lipinski definition) is 8. The first-order valence-corrected chi connectivity index (χ1v) is 8.60. The molecule has 0 saturated heterocycles. The molecule has 1 fully saturated rings. The van der Waals surface area contributed by atoms with Gasteiger partial charge < -0.3 is 0 Å². The minimum Gasteiger partial charge on any atom is -0.299 e. The van der Waals surface area contributed by atoms with Crippen LogP contribution in [-0.2, 0) is 11.3 Å². The lowest BCUT2D eigenvalue weighted by molar-refractivity contribution is -0.117. The van der Waals surface area contributed by atoms with E-state index < -0.39 is 5.69 Å². The van der Waals surface area contributed by atoms with Crippen LogP contribution in [-0.4, -0.2) is 35.9 Å². The Hall–Kier alpha value is -2.40. The Morgan fingerprint density at radius 3 is 2.96 bits per heavy atom. The molecule has 118 valence electrons. The standard InChI is InChI=1S/C12H11N7O2S2/c20-8(13-11-15-14-10(23-11)7-3-4-7)6-18-12(21)19(17-16-18)9-2-1-5-22-9/h1-2,5,7H,3-4,6H2,(H,13,15,20). The van der Waals surface area contributed by atoms with Gasteiger partial charge in [0.2, 0.25) is 11.0 Å². The number of tetrazole rings is 1. The Bertz CT molecular complexity index is 891. The fourth-order valence-electron chi connectivity index (χ4n) is 1.98. The molecule has 4 rings (SSSR count). The summed E-state index contributed by atoms with van der Waals surface area (Å²) in [5, 5.41) is 22.0. The molecule has 3 aromatic heterocycles. The van der Waals surface area contributed by atoms with Gasteiger partial charge >= 0.3 is 5.69 Å². The van der Waals surface area contributed by atoms with Crippen LogP contribution in [0.4, 0.5) is 5.13 Å². The molecule has 23 heavy (non-hydrogen) atoms. The maximum Gasteiger partial charge on any atom is 0.369 e. The molecular weight excluding hydrogens is 338 g/mol. The van der Waals surface area contributed by atoms with Crippen molar-refractivity contribution < 1.29 is 4.79 Å². The number of hydrogen-bond donors (Lipinski definition) is 1. The van der Waals surface area contributed by atoms with Crippen LogP contribution in [0.15, 0.2) is 22.3 Å². The lowest BCUT2D eigenvalue weighted by atomic mass is 10.5. The van der Waals surface area contributed by atoms with Gasteiger partial charge in [-0.1, -0.05) is 11.3 Å². The monoisotopic (exact) mass is 349 g/mol. The first-order valence-electron chi connectivity index (χ1n) is 6.90. The van der Waals surface area contributed by atoms with E-state index in [2.05, 4.69) is 25.9 Å². The third-order valence-electron chi connectivity index (χ3n) is 3.26. The first-order chi connectivity index (χ1) is 11.2. The van der Waals surface area contributed by atoms with E-state index >= 15 is 0 Å². The van der Waals surface area contributed by atoms with Crippen LogP contribution in [0.2, 0.25) is 0 Å². The minimum atomic E-state index is -0.460. The lowest BCUT2D eigenvalue weighted by Gasteiger charge is -1.99. The number of carbonyl (C=O) groups excluding carboxylic acids is 1. The van der Waals surface area contributed by atoms with Gasteiger partial charge in [0.15, 0.2) is 0 Å². The topological polar surface area (TPSA) is 108 Å². The fraction of sp³-hybridized carbons (Fsp3) is 0.333. The molecule has 0 radical (unpaired) electrons. The van der Waals surface area contributed by atoms with E-state index in [4.69, 9.17) is 0 Å². The van der Waals surface area contributed by atoms with E-state index in [0.29, 0.717) is 16.1 Å². The van der Waals surface area contributed by atoms with Crippen molar-refractivity contribution in [3.8, 4) is 5.00 Å². The third kappa shape index (κ3) is 2.92. The maximum atomic E-state index is 12.2. The highest BCUT2D eigenvalue weighted by Gasteiger charge is 2.27. The second kappa shape index (κ2) is 5.66. The van der Waals surface area contributed by atoms with Crippen molar-refractivity contribution in [2.24, 2.45) is 0 Å². The zero-order valence-corrected chi connectivity index (χ0v) is 13.4. The normalized spacial score (nSPS) is 14.1. The summed E-state index contributed by atoms with van der Waals surface area (Å²) >= 11 is 2.74. The number of nitrogens with zero attached hydrogens (tertiary/aromatic N) is 6. The maximum absolute atomic E-state index is 12.2. The highest BCUT2D eigenvalue weighted by Crippen LogP contribution is 2.41. The predicted molar refractivity (Wildman–Crippen MR) is 84.0 cm³/mol. The average Bonchev–Trinajstić information content (AvgIpc) is 2.93. The van der Waals surface area contributed by atoms with Gasteiger partial charge in [-0.3, -0.25) is 10.1 Å². The summed E-state index contributed by atoms with van der Waals surface area (Å²) in [5.41, 5.74) is -0.460. The lowest BCUT2D eigenvalue weighted by Crippen LogP contribution is -2.29. The van der Waals surface area contributed by atoms with Crippen molar-refractivity contribution in [2.75, 3.05) is 5.32 Å². The van der Waals surface area contributed by atoms with Crippen LogP contribution in [0.3, 0.4) is 0 Å². The average molecular weight is 349 g/mol. The molecule has 0 spiro atoms. The molecule has 1 aliphatic rings. The van der Waals surface area contributed by atoms with Gasteiger partial charge in [-0.25, -0.2) is 4.79 Å². The summed E-state index contributed by atoms with van der Waals surface area (Å²) in [6.45, 7) is -0.220. The fourth-order valence-corrected chi connectivity index (χ4v) is 3.57. The second-order valence-corrected chi connectivity index (χ2v) is 6.99. The van der Waals surface area contributed by atoms with Gasteiger partial charge in [0.25, 0.3) is 0 Å². The van der Waals surface area contributed by atoms with Crippen LogP contribution in [0.25, 0.3) is 5.00 Å². The largest absolute Gasteiger partial charge is 0.369 e. The van der Waals surface area contributed by atoms with Crippen LogP contribution in [0, 0.1) is 0 Å². The van der Waals surface area contributed by atoms with E-state index in [9.17, 15) is 9.59 Å². The number of aromatic nitrogens is 6. The Morgan fingerprint density at radius 1 is 1.35 bits per heavy atom. The van der Waals surface area contributed by atoms with E-state index in [-0.39, 0.29) is 12.5 Å². The second-order valence-electron chi connectivity index (χ2n) is 5.05. The van der Waals surface area contributed by atoms with E-state index in [0.717, 1.165) is 27.2 Å². The smallest absolute Gasteiger partial charge is 0.299 e. The molecule has 0 unspecified atom stereocenters. The molecule has 0 aliphatic heterocycles. The van der Waals surface area contributed by atoms with Crippen molar-refractivity contribution >= 4 is 33.7 Å². The van der Waals surface area contributed by atoms with Crippen LogP contribution in [0.1, 0.15) is 23.8 Å². The minimum absolute atomic E-state index is 0.220. The summed E-state index contributed by atoms with van der Waals surface area (Å²) in [4.78, 5) is 24.2. The summed E-state index contributed by atoms with van der Waals surface area (Å²) in [7, 11) is 0. The molecule has 1 amide bonds. The van der Waals surface area contributed by atoms with E-state index in [1.165, 1.54) is 22.7 Å². The van der Waals surface area contributed by atoms with Crippen LogP contribution < -0.4 is 11.0 Å². The molecule has 3 heterocycles. The van der Waals surface area contributed by atoms with Gasteiger partial charge in [-0.15, -0.1) is 21.5 Å². The molecule has 3 aromatic rings. The van der Waals surface area contributed by atoms with E-state index in [1.54, 1.807) is 6.07 Å². The zero-order valence-electron chi connectivity index (χ0n) is 11.7. The predicted octanol–water partition coefficient (Wildman–Crippen LogP) is 0.858. The first kappa shape index (κ1) is 14.2. The molecule has 1 aliphatic carbocycles. The Kier molecular flexibility index (Phi) is 3.50. The number of nitrogens with one attached hydrogen (secondary N) is 1. The SMILES string of the molecule is O=C(Cn1nnn(-c2cccs2)c1=O)Nc1nnc(C2CC2)s1. The number of rotatable bonds is 5. The Morgan fingerprint density at radius 2 is 2.22 bits per heavy atom. The van der Waals surface area contributed by atoms with Crippen molar-refractivity contribution in [1.29, 1.82) is 0 Å². The number of anilines is 1. The molecule has 11 heteroatoms. The summed E-state index contributed by atoms with van der Waals surface area (Å²) < 4.78 is 2.17. The molecule has 1 N–H and O–H groups in total. The number of amides is 1. The van der Waals surface area contributed by atoms with Gasteiger partial charge in [0, 0.05) is 5.92 Å². The van der Waals surface area contributed by atoms with Gasteiger partial charge in [0.1, 0.15) is 16.6 Å². The van der Waals surface area contributed by atoms with Crippen molar-refractivity contribution in [2.45, 2.75) is 25.3 Å². The van der Waals surface area contributed by atoms with Gasteiger partial charge in [-0.05, 0) is 40.8 Å². The van der Waals surface area contributed by atoms with E-state index in [1.807, 2.05) is 11.4 Å².